The topological polar surface area (TPSA) is 62.7 Å². The van der Waals surface area contributed by atoms with Gasteiger partial charge in [-0.15, -0.1) is 6.42 Å². The lowest BCUT2D eigenvalue weighted by molar-refractivity contribution is 0.0619. The molecule has 1 aliphatic heterocycles. The Morgan fingerprint density at radius 1 is 1.39 bits per heavy atom. The summed E-state index contributed by atoms with van der Waals surface area (Å²) in [6.07, 6.45) is 5.26. The molecule has 2 N–H and O–H groups in total. The van der Waals surface area contributed by atoms with E-state index in [4.69, 9.17) is 16.6 Å². The average molecular weight is 247 g/mol. The van der Waals surface area contributed by atoms with E-state index in [2.05, 4.69) is 10.8 Å². The highest BCUT2D eigenvalue weighted by atomic mass is 16.4. The van der Waals surface area contributed by atoms with Crippen molar-refractivity contribution in [3.63, 3.8) is 0 Å². The largest absolute Gasteiger partial charge is 0.455 e. The van der Waals surface area contributed by atoms with Crippen molar-refractivity contribution < 1.29 is 9.21 Å². The van der Waals surface area contributed by atoms with Gasteiger partial charge in [-0.3, -0.25) is 9.69 Å². The summed E-state index contributed by atoms with van der Waals surface area (Å²) in [5.74, 6) is 3.53. The summed E-state index contributed by atoms with van der Waals surface area (Å²) < 4.78 is 5.36. The predicted octanol–water partition coefficient (Wildman–Crippen LogP) is 0.129. The smallest absolute Gasteiger partial charge is 0.289 e. The molecule has 1 aromatic heterocycles. The zero-order valence-electron chi connectivity index (χ0n) is 10.3. The van der Waals surface area contributed by atoms with Crippen molar-refractivity contribution in [3.8, 4) is 12.3 Å². The van der Waals surface area contributed by atoms with Crippen molar-refractivity contribution in [2.24, 2.45) is 5.73 Å². The minimum atomic E-state index is -0.0740. The Morgan fingerprint density at radius 3 is 2.67 bits per heavy atom. The normalized spacial score (nSPS) is 16.6. The second-order valence-electron chi connectivity index (χ2n) is 4.24. The van der Waals surface area contributed by atoms with E-state index in [1.807, 2.05) is 0 Å². The van der Waals surface area contributed by atoms with Crippen molar-refractivity contribution in [1.29, 1.82) is 0 Å². The molecule has 0 bridgehead atoms. The Kier molecular flexibility index (Phi) is 4.03. The summed E-state index contributed by atoms with van der Waals surface area (Å²) in [6, 6.07) is 3.42. The molecule has 0 unspecified atom stereocenters. The van der Waals surface area contributed by atoms with Crippen molar-refractivity contribution in [1.82, 2.24) is 9.80 Å². The molecule has 1 aliphatic rings. The zero-order valence-corrected chi connectivity index (χ0v) is 10.3. The fraction of sp³-hybridized carbons (Fsp3) is 0.462. The van der Waals surface area contributed by atoms with Crippen LogP contribution in [-0.4, -0.2) is 48.4 Å². The SMILES string of the molecule is C#CCN1CCN(C(=O)c2ccc(CN)o2)CC1. The van der Waals surface area contributed by atoms with Crippen LogP contribution in [0.4, 0.5) is 0 Å². The van der Waals surface area contributed by atoms with E-state index in [0.29, 0.717) is 37.7 Å². The molecule has 1 saturated heterocycles. The number of hydrogen-bond donors (Lipinski definition) is 1. The molecule has 0 atom stereocenters. The third-order valence-corrected chi connectivity index (χ3v) is 3.05. The molecule has 0 radical (unpaired) electrons. The Labute approximate surface area is 107 Å². The van der Waals surface area contributed by atoms with E-state index in [9.17, 15) is 4.79 Å². The van der Waals surface area contributed by atoms with Gasteiger partial charge in [-0.2, -0.15) is 0 Å². The summed E-state index contributed by atoms with van der Waals surface area (Å²) >= 11 is 0. The van der Waals surface area contributed by atoms with Crippen LogP contribution in [0.2, 0.25) is 0 Å². The second kappa shape index (κ2) is 5.71. The van der Waals surface area contributed by atoms with Crippen molar-refractivity contribution in [3.05, 3.63) is 23.7 Å². The van der Waals surface area contributed by atoms with Crippen LogP contribution >= 0.6 is 0 Å². The Bertz CT molecular complexity index is 453. The first kappa shape index (κ1) is 12.7. The van der Waals surface area contributed by atoms with E-state index in [1.54, 1.807) is 17.0 Å². The highest BCUT2D eigenvalue weighted by molar-refractivity contribution is 5.91. The first-order chi connectivity index (χ1) is 8.74. The van der Waals surface area contributed by atoms with Gasteiger partial charge in [-0.25, -0.2) is 0 Å². The third kappa shape index (κ3) is 2.73. The van der Waals surface area contributed by atoms with Crippen LogP contribution in [0.1, 0.15) is 16.3 Å². The monoisotopic (exact) mass is 247 g/mol. The number of hydrogen-bond acceptors (Lipinski definition) is 4. The molecule has 5 heteroatoms. The quantitative estimate of drug-likeness (QED) is 0.771. The van der Waals surface area contributed by atoms with E-state index >= 15 is 0 Å². The molecule has 0 aromatic carbocycles. The van der Waals surface area contributed by atoms with E-state index < -0.39 is 0 Å². The number of carbonyl (C=O) groups is 1. The van der Waals surface area contributed by atoms with Crippen LogP contribution in [0.15, 0.2) is 16.5 Å². The number of amides is 1. The summed E-state index contributed by atoms with van der Waals surface area (Å²) in [4.78, 5) is 16.1. The van der Waals surface area contributed by atoms with Crippen LogP contribution in [0, 0.1) is 12.3 Å². The van der Waals surface area contributed by atoms with Gasteiger partial charge in [0.15, 0.2) is 5.76 Å². The molecular weight excluding hydrogens is 230 g/mol. The molecule has 1 aromatic rings. The summed E-state index contributed by atoms with van der Waals surface area (Å²) in [7, 11) is 0. The molecule has 2 rings (SSSR count). The molecule has 1 fully saturated rings. The van der Waals surface area contributed by atoms with Crippen molar-refractivity contribution in [2.75, 3.05) is 32.7 Å². The average Bonchev–Trinajstić information content (AvgIpc) is 2.88. The summed E-state index contributed by atoms with van der Waals surface area (Å²) in [5.41, 5.74) is 5.45. The molecule has 0 spiro atoms. The lowest BCUT2D eigenvalue weighted by Crippen LogP contribution is -2.48. The van der Waals surface area contributed by atoms with E-state index in [-0.39, 0.29) is 5.91 Å². The van der Waals surface area contributed by atoms with Crippen molar-refractivity contribution >= 4 is 5.91 Å². The summed E-state index contributed by atoms with van der Waals surface area (Å²) in [5, 5.41) is 0. The van der Waals surface area contributed by atoms with E-state index in [0.717, 1.165) is 13.1 Å². The first-order valence-electron chi connectivity index (χ1n) is 5.98. The molecule has 5 nitrogen and oxygen atoms in total. The Hall–Kier alpha value is -1.77. The summed E-state index contributed by atoms with van der Waals surface area (Å²) in [6.45, 7) is 3.92. The zero-order chi connectivity index (χ0) is 13.0. The third-order valence-electron chi connectivity index (χ3n) is 3.05. The number of carbonyl (C=O) groups excluding carboxylic acids is 1. The van der Waals surface area contributed by atoms with Crippen LogP contribution in [0.3, 0.4) is 0 Å². The van der Waals surface area contributed by atoms with Gasteiger partial charge in [-0.05, 0) is 12.1 Å². The number of nitrogens with two attached hydrogens (primary N) is 1. The maximum atomic E-state index is 12.1. The molecule has 0 aliphatic carbocycles. The van der Waals surface area contributed by atoms with Gasteiger partial charge in [0.05, 0.1) is 13.1 Å². The molecule has 18 heavy (non-hydrogen) atoms. The van der Waals surface area contributed by atoms with Gasteiger partial charge in [0.1, 0.15) is 5.76 Å². The Balaban J connectivity index is 1.93. The van der Waals surface area contributed by atoms with Crippen LogP contribution in [-0.2, 0) is 6.54 Å². The van der Waals surface area contributed by atoms with Gasteiger partial charge < -0.3 is 15.1 Å². The number of nitrogens with zero attached hydrogens (tertiary/aromatic N) is 2. The fourth-order valence-corrected chi connectivity index (χ4v) is 2.00. The standard InChI is InChI=1S/C13H17N3O2/c1-2-5-15-6-8-16(9-7-15)13(17)12-4-3-11(10-14)18-12/h1,3-4H,5-10,14H2. The van der Waals surface area contributed by atoms with Gasteiger partial charge in [0.25, 0.3) is 5.91 Å². The minimum absolute atomic E-state index is 0.0740. The van der Waals surface area contributed by atoms with E-state index in [1.165, 1.54) is 0 Å². The van der Waals surface area contributed by atoms with Gasteiger partial charge >= 0.3 is 0 Å². The lowest BCUT2D eigenvalue weighted by Gasteiger charge is -2.33. The second-order valence-corrected chi connectivity index (χ2v) is 4.24. The van der Waals surface area contributed by atoms with Gasteiger partial charge in [-0.1, -0.05) is 5.92 Å². The van der Waals surface area contributed by atoms with Gasteiger partial charge in [0.2, 0.25) is 0 Å². The molecule has 96 valence electrons. The molecule has 0 saturated carbocycles. The maximum absolute atomic E-state index is 12.1. The number of terminal acetylenes is 1. The molecule has 2 heterocycles. The van der Waals surface area contributed by atoms with Crippen LogP contribution in [0.5, 0.6) is 0 Å². The first-order valence-corrected chi connectivity index (χ1v) is 5.98. The predicted molar refractivity (Wildman–Crippen MR) is 67.8 cm³/mol. The van der Waals surface area contributed by atoms with Crippen LogP contribution in [0.25, 0.3) is 0 Å². The Morgan fingerprint density at radius 2 is 2.11 bits per heavy atom. The fourth-order valence-electron chi connectivity index (χ4n) is 2.00. The number of piperazine rings is 1. The lowest BCUT2D eigenvalue weighted by atomic mass is 10.3. The minimum Gasteiger partial charge on any atom is -0.455 e. The highest BCUT2D eigenvalue weighted by Gasteiger charge is 2.23. The maximum Gasteiger partial charge on any atom is 0.289 e. The number of rotatable bonds is 3. The van der Waals surface area contributed by atoms with Crippen molar-refractivity contribution in [2.45, 2.75) is 6.54 Å². The van der Waals surface area contributed by atoms with Gasteiger partial charge in [0, 0.05) is 26.2 Å². The molecular formula is C13H17N3O2. The molecule has 1 amide bonds. The number of furan rings is 1. The van der Waals surface area contributed by atoms with Crippen LogP contribution < -0.4 is 5.73 Å². The highest BCUT2D eigenvalue weighted by Crippen LogP contribution is 2.12.